The summed E-state index contributed by atoms with van der Waals surface area (Å²) in [6.45, 7) is 0. The highest BCUT2D eigenvalue weighted by Gasteiger charge is 1.94. The van der Waals surface area contributed by atoms with Gasteiger partial charge in [0.2, 0.25) is 0 Å². The quantitative estimate of drug-likeness (QED) is 0.644. The predicted octanol–water partition coefficient (Wildman–Crippen LogP) is 0.953. The number of rotatable bonds is 0. The van der Waals surface area contributed by atoms with E-state index in [9.17, 15) is 0 Å². The van der Waals surface area contributed by atoms with E-state index >= 15 is 0 Å². The van der Waals surface area contributed by atoms with E-state index in [1.54, 1.807) is 6.20 Å². The highest BCUT2D eigenvalue weighted by atomic mass is 127. The van der Waals surface area contributed by atoms with Gasteiger partial charge in [-0.2, -0.15) is 0 Å². The maximum Gasteiger partial charge on any atom is 0.0828 e. The molecule has 0 saturated carbocycles. The molecule has 0 spiro atoms. The third-order valence-corrected chi connectivity index (χ3v) is 4.03. The summed E-state index contributed by atoms with van der Waals surface area (Å²) in [6, 6.07) is 3.94. The molecule has 2 heterocycles. The first kappa shape index (κ1) is 7.43. The molecular formula is C8H5ClIN. The van der Waals surface area contributed by atoms with Crippen molar-refractivity contribution in [1.29, 1.82) is 0 Å². The predicted molar refractivity (Wildman–Crippen MR) is 57.3 cm³/mol. The molecule has 1 aliphatic rings. The molecule has 56 valence electrons. The van der Waals surface area contributed by atoms with E-state index in [0.29, 0.717) is 0 Å². The third-order valence-electron chi connectivity index (χ3n) is 1.42. The van der Waals surface area contributed by atoms with Crippen LogP contribution in [0.1, 0.15) is 0 Å². The molecule has 1 aromatic heterocycles. The molecule has 0 fully saturated rings. The van der Waals surface area contributed by atoms with E-state index in [4.69, 9.17) is 11.6 Å². The Morgan fingerprint density at radius 3 is 3.18 bits per heavy atom. The Hall–Kier alpha value is -0.220. The van der Waals surface area contributed by atoms with Crippen LogP contribution >= 0.6 is 32.3 Å². The van der Waals surface area contributed by atoms with Gasteiger partial charge in [0.05, 0.1) is 8.39 Å². The zero-order chi connectivity index (χ0) is 7.68. The van der Waals surface area contributed by atoms with E-state index in [1.165, 1.54) is 0 Å². The van der Waals surface area contributed by atoms with Crippen molar-refractivity contribution in [3.8, 4) is 0 Å². The highest BCUT2D eigenvalue weighted by Crippen LogP contribution is 2.18. The molecule has 1 aromatic rings. The number of fused-ring (bicyclic) bond motifs is 1. The molecule has 0 bridgehead atoms. The van der Waals surface area contributed by atoms with Gasteiger partial charge >= 0.3 is 0 Å². The van der Waals surface area contributed by atoms with Gasteiger partial charge in [-0.1, -0.05) is 32.3 Å². The Balaban J connectivity index is 2.97. The Morgan fingerprint density at radius 2 is 2.36 bits per heavy atom. The summed E-state index contributed by atoms with van der Waals surface area (Å²) in [5, 5.41) is 2.12. The average Bonchev–Trinajstić information content (AvgIpc) is 2.06. The van der Waals surface area contributed by atoms with Crippen molar-refractivity contribution >= 4 is 45.5 Å². The van der Waals surface area contributed by atoms with E-state index < -0.39 is 0 Å². The third kappa shape index (κ3) is 1.37. The van der Waals surface area contributed by atoms with Gasteiger partial charge in [-0.05, 0) is 22.2 Å². The van der Waals surface area contributed by atoms with Crippen molar-refractivity contribution in [1.82, 2.24) is 4.98 Å². The molecule has 0 N–H and O–H groups in total. The van der Waals surface area contributed by atoms with Gasteiger partial charge in [0.15, 0.2) is 0 Å². The Morgan fingerprint density at radius 1 is 1.45 bits per heavy atom. The van der Waals surface area contributed by atoms with Crippen LogP contribution in [-0.4, -0.2) is 9.00 Å². The zero-order valence-corrected chi connectivity index (χ0v) is 8.50. The van der Waals surface area contributed by atoms with Gasteiger partial charge in [-0.3, -0.25) is 4.98 Å². The van der Waals surface area contributed by atoms with E-state index in [0.717, 1.165) is 13.6 Å². The SMILES string of the molecule is ClC1=c2cccnc2=CC=I1. The second-order valence-electron chi connectivity index (χ2n) is 2.10. The summed E-state index contributed by atoms with van der Waals surface area (Å²) in [5.74, 6) is 0. The minimum atomic E-state index is -0.0755. The van der Waals surface area contributed by atoms with Crippen LogP contribution in [0, 0.1) is 0 Å². The Labute approximate surface area is 79.2 Å². The number of halogens is 2. The van der Waals surface area contributed by atoms with Crippen LogP contribution in [0.25, 0.3) is 9.12 Å². The van der Waals surface area contributed by atoms with Gasteiger partial charge in [-0.15, -0.1) is 0 Å². The van der Waals surface area contributed by atoms with Crippen LogP contribution in [0.15, 0.2) is 18.3 Å². The molecule has 0 aliphatic carbocycles. The molecular weight excluding hydrogens is 272 g/mol. The standard InChI is InChI=1S/C8H5ClIN/c9-8-6-2-1-5-11-7(6)3-4-10-8/h1-5H. The minimum Gasteiger partial charge on any atom is -0.256 e. The maximum absolute atomic E-state index is 6.02. The van der Waals surface area contributed by atoms with Crippen LogP contribution in [-0.2, 0) is 0 Å². The molecule has 11 heavy (non-hydrogen) atoms. The van der Waals surface area contributed by atoms with Crippen molar-refractivity contribution in [3.05, 3.63) is 28.9 Å². The van der Waals surface area contributed by atoms with Gasteiger partial charge < -0.3 is 0 Å². The van der Waals surface area contributed by atoms with Crippen molar-refractivity contribution in [2.24, 2.45) is 0 Å². The summed E-state index contributed by atoms with van der Waals surface area (Å²) in [5.41, 5.74) is 0. The zero-order valence-electron chi connectivity index (χ0n) is 5.59. The van der Waals surface area contributed by atoms with Gasteiger partial charge in [0, 0.05) is 11.4 Å². The molecule has 0 saturated heterocycles. The van der Waals surface area contributed by atoms with Crippen LogP contribution in [0.5, 0.6) is 0 Å². The minimum absolute atomic E-state index is 0.0755. The van der Waals surface area contributed by atoms with Gasteiger partial charge in [0.1, 0.15) is 0 Å². The Bertz CT molecular complexity index is 422. The van der Waals surface area contributed by atoms with Crippen LogP contribution in [0.3, 0.4) is 0 Å². The summed E-state index contributed by atoms with van der Waals surface area (Å²) in [4.78, 5) is 4.20. The average molecular weight is 277 g/mol. The maximum atomic E-state index is 6.02. The summed E-state index contributed by atoms with van der Waals surface area (Å²) >= 11 is 5.95. The molecule has 2 rings (SSSR count). The number of hydrogen-bond donors (Lipinski definition) is 0. The van der Waals surface area contributed by atoms with Crippen molar-refractivity contribution in [2.75, 3.05) is 0 Å². The number of aromatic nitrogens is 1. The molecule has 3 heteroatoms. The van der Waals surface area contributed by atoms with Crippen molar-refractivity contribution in [3.63, 3.8) is 0 Å². The molecule has 0 unspecified atom stereocenters. The lowest BCUT2D eigenvalue weighted by molar-refractivity contribution is 1.23. The number of hydrogen-bond acceptors (Lipinski definition) is 1. The van der Waals surface area contributed by atoms with Crippen LogP contribution in [0.4, 0.5) is 0 Å². The monoisotopic (exact) mass is 277 g/mol. The first-order chi connectivity index (χ1) is 5.38. The second kappa shape index (κ2) is 3.03. The fourth-order valence-corrected chi connectivity index (χ4v) is 3.02. The first-order valence-corrected chi connectivity index (χ1v) is 5.86. The highest BCUT2D eigenvalue weighted by molar-refractivity contribution is 14.2. The van der Waals surface area contributed by atoms with Gasteiger partial charge in [-0.25, -0.2) is 0 Å². The lowest BCUT2D eigenvalue weighted by Gasteiger charge is -1.94. The van der Waals surface area contributed by atoms with E-state index in [2.05, 4.69) is 15.1 Å². The van der Waals surface area contributed by atoms with Crippen LogP contribution < -0.4 is 10.6 Å². The van der Waals surface area contributed by atoms with Crippen molar-refractivity contribution in [2.45, 2.75) is 0 Å². The lowest BCUT2D eigenvalue weighted by Crippen LogP contribution is -2.29. The molecule has 1 aliphatic heterocycles. The van der Waals surface area contributed by atoms with Crippen molar-refractivity contribution < 1.29 is 0 Å². The molecule has 1 nitrogen and oxygen atoms in total. The normalized spacial score (nSPS) is 14.8. The first-order valence-electron chi connectivity index (χ1n) is 3.16. The summed E-state index contributed by atoms with van der Waals surface area (Å²) in [6.07, 6.45) is 3.84. The largest absolute Gasteiger partial charge is 0.256 e. The number of pyridine rings is 1. The molecule has 0 amide bonds. The molecule has 0 radical (unpaired) electrons. The Kier molecular flexibility index (Phi) is 2.05. The topological polar surface area (TPSA) is 12.9 Å². The van der Waals surface area contributed by atoms with Crippen LogP contribution in [0.2, 0.25) is 0 Å². The smallest absolute Gasteiger partial charge is 0.0828 e. The summed E-state index contributed by atoms with van der Waals surface area (Å²) < 4.78 is 3.13. The lowest BCUT2D eigenvalue weighted by atomic mass is 10.3. The molecule has 0 aromatic carbocycles. The second-order valence-corrected chi connectivity index (χ2v) is 5.53. The van der Waals surface area contributed by atoms with E-state index in [1.807, 2.05) is 12.1 Å². The van der Waals surface area contributed by atoms with E-state index in [-0.39, 0.29) is 20.7 Å². The van der Waals surface area contributed by atoms with Gasteiger partial charge in [0.25, 0.3) is 0 Å². The fourth-order valence-electron chi connectivity index (χ4n) is 0.915. The number of nitrogens with zero attached hydrogens (tertiary/aromatic N) is 1. The fraction of sp³-hybridized carbons (Fsp3) is 0. The molecule has 0 atom stereocenters. The summed E-state index contributed by atoms with van der Waals surface area (Å²) in [7, 11) is 0.